The van der Waals surface area contributed by atoms with E-state index in [0.717, 1.165) is 31.3 Å². The molecule has 2 aromatic rings. The number of hydrogen-bond acceptors (Lipinski definition) is 3. The van der Waals surface area contributed by atoms with Crippen molar-refractivity contribution in [3.63, 3.8) is 0 Å². The fourth-order valence-electron chi connectivity index (χ4n) is 4.96. The van der Waals surface area contributed by atoms with E-state index in [0.29, 0.717) is 24.3 Å². The van der Waals surface area contributed by atoms with Crippen LogP contribution in [0.1, 0.15) is 37.3 Å². The van der Waals surface area contributed by atoms with Crippen LogP contribution in [0.3, 0.4) is 0 Å². The van der Waals surface area contributed by atoms with Gasteiger partial charge in [0, 0.05) is 67.7 Å². The number of nitrogens with zero attached hydrogens (tertiary/aromatic N) is 2. The zero-order valence-corrected chi connectivity index (χ0v) is 17.4. The Morgan fingerprint density at radius 3 is 2.47 bits per heavy atom. The molecule has 2 N–H and O–H groups in total. The Bertz CT molecular complexity index is 1040. The molecule has 1 aromatic carbocycles. The van der Waals surface area contributed by atoms with Crippen molar-refractivity contribution in [1.82, 2.24) is 15.2 Å². The second-order valence-electron chi connectivity index (χ2n) is 9.26. The summed E-state index contributed by atoms with van der Waals surface area (Å²) in [6, 6.07) is 4.28. The molecule has 0 bridgehead atoms. The quantitative estimate of drug-likeness (QED) is 0.666. The average Bonchev–Trinajstić information content (AvgIpc) is 2.68. The topological polar surface area (TPSA) is 57.3 Å². The number of halogens is 4. The highest BCUT2D eigenvalue weighted by Crippen LogP contribution is 2.45. The van der Waals surface area contributed by atoms with Gasteiger partial charge in [-0.25, -0.2) is 22.4 Å². The predicted molar refractivity (Wildman–Crippen MR) is 112 cm³/mol. The standard InChI is InChI=1S/C23H24F4N4O/c24-15-1-2-18(25)17(9-15)16-5-8-29-19(14-3-6-23(26,27)7-4-14)20(16)30-21(32)31-12-22(13-31)10-28-11-22/h1-2,5,8-9,14,28H,3-4,6-7,10-13H2,(H,30,32). The monoisotopic (exact) mass is 448 g/mol. The molecule has 0 unspecified atom stereocenters. The number of urea groups is 1. The van der Waals surface area contributed by atoms with Crippen LogP contribution in [-0.2, 0) is 0 Å². The number of nitrogens with one attached hydrogen (secondary N) is 2. The van der Waals surface area contributed by atoms with Gasteiger partial charge in [-0.3, -0.25) is 4.98 Å². The van der Waals surface area contributed by atoms with E-state index in [9.17, 15) is 22.4 Å². The first-order valence-corrected chi connectivity index (χ1v) is 10.8. The first kappa shape index (κ1) is 21.2. The summed E-state index contributed by atoms with van der Waals surface area (Å²) >= 11 is 0. The lowest BCUT2D eigenvalue weighted by molar-refractivity contribution is -0.0384. The van der Waals surface area contributed by atoms with Crippen molar-refractivity contribution in [3.8, 4) is 11.1 Å². The Hall–Kier alpha value is -2.68. The Labute approximate surface area is 183 Å². The summed E-state index contributed by atoms with van der Waals surface area (Å²) in [4.78, 5) is 19.0. The lowest BCUT2D eigenvalue weighted by Gasteiger charge is -2.55. The molecule has 1 saturated carbocycles. The van der Waals surface area contributed by atoms with Gasteiger partial charge in [0.25, 0.3) is 0 Å². The third-order valence-corrected chi connectivity index (χ3v) is 6.87. The maximum absolute atomic E-state index is 14.6. The van der Waals surface area contributed by atoms with E-state index in [2.05, 4.69) is 15.6 Å². The minimum atomic E-state index is -2.71. The summed E-state index contributed by atoms with van der Waals surface area (Å²) in [6.45, 7) is 2.96. The number of amides is 2. The summed E-state index contributed by atoms with van der Waals surface area (Å²) in [5, 5.41) is 6.06. The van der Waals surface area contributed by atoms with Crippen molar-refractivity contribution in [2.75, 3.05) is 31.5 Å². The lowest BCUT2D eigenvalue weighted by atomic mass is 9.75. The van der Waals surface area contributed by atoms with Crippen LogP contribution in [0, 0.1) is 17.0 Å². The highest BCUT2D eigenvalue weighted by atomic mass is 19.3. The van der Waals surface area contributed by atoms with Gasteiger partial charge >= 0.3 is 6.03 Å². The molecule has 1 aromatic heterocycles. The van der Waals surface area contributed by atoms with Crippen LogP contribution in [0.15, 0.2) is 30.5 Å². The fourth-order valence-corrected chi connectivity index (χ4v) is 4.96. The molecule has 3 fully saturated rings. The highest BCUT2D eigenvalue weighted by Gasteiger charge is 2.49. The summed E-state index contributed by atoms with van der Waals surface area (Å²) in [7, 11) is 0. The highest BCUT2D eigenvalue weighted by molar-refractivity contribution is 5.96. The minimum absolute atomic E-state index is 0.00615. The molecule has 2 aliphatic heterocycles. The van der Waals surface area contributed by atoms with Crippen molar-refractivity contribution in [1.29, 1.82) is 0 Å². The molecule has 1 spiro atoms. The van der Waals surface area contributed by atoms with Crippen molar-refractivity contribution < 1.29 is 22.4 Å². The molecular formula is C23H24F4N4O. The molecule has 0 atom stereocenters. The number of rotatable bonds is 3. The van der Waals surface area contributed by atoms with E-state index in [-0.39, 0.29) is 54.3 Å². The smallest absolute Gasteiger partial charge is 0.321 e. The second kappa shape index (κ2) is 7.72. The summed E-state index contributed by atoms with van der Waals surface area (Å²) < 4.78 is 56.0. The molecule has 0 radical (unpaired) electrons. The molecule has 2 saturated heterocycles. The number of carbonyl (C=O) groups is 1. The van der Waals surface area contributed by atoms with Crippen molar-refractivity contribution >= 4 is 11.7 Å². The zero-order valence-electron chi connectivity index (χ0n) is 17.4. The van der Waals surface area contributed by atoms with E-state index in [1.54, 1.807) is 4.90 Å². The summed E-state index contributed by atoms with van der Waals surface area (Å²) in [6.07, 6.45) is 1.32. The molecule has 2 amide bonds. The van der Waals surface area contributed by atoms with E-state index >= 15 is 0 Å². The fraction of sp³-hybridized carbons (Fsp3) is 0.478. The van der Waals surface area contributed by atoms with Crippen LogP contribution in [0.4, 0.5) is 28.0 Å². The molecule has 170 valence electrons. The molecule has 9 heteroatoms. The van der Waals surface area contributed by atoms with Gasteiger partial charge in [0.2, 0.25) is 5.92 Å². The largest absolute Gasteiger partial charge is 0.323 e. The molecule has 1 aliphatic carbocycles. The Balaban J connectivity index is 1.49. The molecule has 5 nitrogen and oxygen atoms in total. The maximum atomic E-state index is 14.6. The maximum Gasteiger partial charge on any atom is 0.321 e. The number of pyridine rings is 1. The van der Waals surface area contributed by atoms with Gasteiger partial charge in [0.15, 0.2) is 0 Å². The number of likely N-dealkylation sites (tertiary alicyclic amines) is 1. The normalized spacial score (nSPS) is 21.7. The van der Waals surface area contributed by atoms with Crippen LogP contribution in [0.25, 0.3) is 11.1 Å². The van der Waals surface area contributed by atoms with Crippen molar-refractivity contribution in [2.24, 2.45) is 5.41 Å². The lowest BCUT2D eigenvalue weighted by Crippen LogP contribution is -2.72. The third-order valence-electron chi connectivity index (χ3n) is 6.87. The Morgan fingerprint density at radius 1 is 1.09 bits per heavy atom. The summed E-state index contributed by atoms with van der Waals surface area (Å²) in [5.74, 6) is -4.27. The van der Waals surface area contributed by atoms with Gasteiger partial charge < -0.3 is 15.5 Å². The average molecular weight is 448 g/mol. The third kappa shape index (κ3) is 3.83. The summed E-state index contributed by atoms with van der Waals surface area (Å²) in [5.41, 5.74) is 1.12. The zero-order chi connectivity index (χ0) is 22.5. The number of anilines is 1. The second-order valence-corrected chi connectivity index (χ2v) is 9.26. The van der Waals surface area contributed by atoms with Gasteiger partial charge in [0.1, 0.15) is 11.6 Å². The van der Waals surface area contributed by atoms with Gasteiger partial charge in [-0.1, -0.05) is 0 Å². The number of benzene rings is 1. The predicted octanol–water partition coefficient (Wildman–Crippen LogP) is 4.76. The molecular weight excluding hydrogens is 424 g/mol. The van der Waals surface area contributed by atoms with Crippen LogP contribution < -0.4 is 10.6 Å². The Morgan fingerprint density at radius 2 is 1.81 bits per heavy atom. The van der Waals surface area contributed by atoms with Crippen LogP contribution in [0.2, 0.25) is 0 Å². The molecule has 5 rings (SSSR count). The molecule has 32 heavy (non-hydrogen) atoms. The first-order chi connectivity index (χ1) is 15.3. The Kier molecular flexibility index (Phi) is 5.11. The molecule has 3 aliphatic rings. The number of carbonyl (C=O) groups excluding carboxylic acids is 1. The van der Waals surface area contributed by atoms with Gasteiger partial charge in [-0.15, -0.1) is 0 Å². The van der Waals surface area contributed by atoms with E-state index in [1.807, 2.05) is 0 Å². The van der Waals surface area contributed by atoms with Crippen molar-refractivity contribution in [2.45, 2.75) is 37.5 Å². The molecule has 3 heterocycles. The van der Waals surface area contributed by atoms with Crippen LogP contribution >= 0.6 is 0 Å². The van der Waals surface area contributed by atoms with Crippen LogP contribution in [0.5, 0.6) is 0 Å². The number of aromatic nitrogens is 1. The minimum Gasteiger partial charge on any atom is -0.323 e. The van der Waals surface area contributed by atoms with Gasteiger partial charge in [-0.05, 0) is 37.1 Å². The van der Waals surface area contributed by atoms with Crippen LogP contribution in [-0.4, -0.2) is 48.0 Å². The van der Waals surface area contributed by atoms with E-state index in [1.165, 1.54) is 12.3 Å². The number of alkyl halides is 2. The number of hydrogen-bond donors (Lipinski definition) is 2. The van der Waals surface area contributed by atoms with E-state index < -0.39 is 17.6 Å². The van der Waals surface area contributed by atoms with E-state index in [4.69, 9.17) is 0 Å². The van der Waals surface area contributed by atoms with Gasteiger partial charge in [-0.2, -0.15) is 0 Å². The first-order valence-electron chi connectivity index (χ1n) is 10.8. The van der Waals surface area contributed by atoms with Gasteiger partial charge in [0.05, 0.1) is 11.4 Å². The van der Waals surface area contributed by atoms with Crippen molar-refractivity contribution in [3.05, 3.63) is 47.8 Å². The SMILES string of the molecule is O=C(Nc1c(-c2cc(F)ccc2F)ccnc1C1CCC(F)(F)CC1)N1CC2(CNC2)C1.